The molecule has 1 aromatic carbocycles. The Bertz CT molecular complexity index is 603. The van der Waals surface area contributed by atoms with Crippen LogP contribution in [0.1, 0.15) is 6.92 Å². The zero-order chi connectivity index (χ0) is 14.5. The number of thioether (sulfide) groups is 1. The van der Waals surface area contributed by atoms with Crippen molar-refractivity contribution in [2.24, 2.45) is 5.73 Å². The van der Waals surface area contributed by atoms with Crippen molar-refractivity contribution in [1.82, 2.24) is 10.2 Å². The zero-order valence-electron chi connectivity index (χ0n) is 11.0. The van der Waals surface area contributed by atoms with Crippen molar-refractivity contribution in [3.8, 4) is 5.75 Å². The van der Waals surface area contributed by atoms with Crippen LogP contribution in [0.4, 0.5) is 10.8 Å². The average molecular weight is 310 g/mol. The maximum absolute atomic E-state index is 11.0. The van der Waals surface area contributed by atoms with Crippen LogP contribution < -0.4 is 15.8 Å². The first-order chi connectivity index (χ1) is 9.60. The predicted molar refractivity (Wildman–Crippen MR) is 80.7 cm³/mol. The summed E-state index contributed by atoms with van der Waals surface area (Å²) < 4.78 is 5.94. The van der Waals surface area contributed by atoms with Gasteiger partial charge in [-0.2, -0.15) is 0 Å². The van der Waals surface area contributed by atoms with Crippen LogP contribution in [0.2, 0.25) is 0 Å². The predicted octanol–water partition coefficient (Wildman–Crippen LogP) is 2.26. The Morgan fingerprint density at radius 1 is 1.45 bits per heavy atom. The molecule has 1 aromatic heterocycles. The summed E-state index contributed by atoms with van der Waals surface area (Å²) >= 11 is 2.65. The van der Waals surface area contributed by atoms with Crippen LogP contribution in [-0.4, -0.2) is 28.5 Å². The summed E-state index contributed by atoms with van der Waals surface area (Å²) in [6, 6.07) is 7.53. The molecule has 0 fully saturated rings. The number of ether oxygens (including phenoxy) is 1. The highest BCUT2D eigenvalue weighted by atomic mass is 32.2. The smallest absolute Gasteiger partial charge is 0.230 e. The molecule has 0 unspecified atom stereocenters. The third-order valence-corrected chi connectivity index (χ3v) is 4.47. The van der Waals surface area contributed by atoms with Crippen LogP contribution in [0.3, 0.4) is 0 Å². The van der Waals surface area contributed by atoms with Gasteiger partial charge in [-0.3, -0.25) is 4.79 Å². The average Bonchev–Trinajstić information content (AvgIpc) is 2.86. The molecule has 0 saturated carbocycles. The summed E-state index contributed by atoms with van der Waals surface area (Å²) in [6.07, 6.45) is 0. The SMILES string of the molecule is COc1ccccc1Nc1nnc(S[C@H](C)C(N)=O)s1. The van der Waals surface area contributed by atoms with Crippen molar-refractivity contribution in [3.63, 3.8) is 0 Å². The van der Waals surface area contributed by atoms with E-state index in [4.69, 9.17) is 10.5 Å². The Balaban J connectivity index is 2.08. The Morgan fingerprint density at radius 2 is 2.20 bits per heavy atom. The van der Waals surface area contributed by atoms with Crippen LogP contribution in [0, 0.1) is 0 Å². The number of hydrogen-bond donors (Lipinski definition) is 2. The number of hydrogen-bond acceptors (Lipinski definition) is 7. The van der Waals surface area contributed by atoms with Crippen molar-refractivity contribution >= 4 is 39.8 Å². The lowest BCUT2D eigenvalue weighted by atomic mass is 10.3. The van der Waals surface area contributed by atoms with Gasteiger partial charge in [-0.25, -0.2) is 0 Å². The van der Waals surface area contributed by atoms with E-state index in [1.807, 2.05) is 24.3 Å². The molecular formula is C12H14N4O2S2. The molecule has 6 nitrogen and oxygen atoms in total. The molecule has 106 valence electrons. The normalized spacial score (nSPS) is 11.9. The molecule has 2 rings (SSSR count). The molecule has 20 heavy (non-hydrogen) atoms. The summed E-state index contributed by atoms with van der Waals surface area (Å²) in [5.74, 6) is 0.354. The van der Waals surface area contributed by atoms with Crippen LogP contribution in [0.5, 0.6) is 5.75 Å². The van der Waals surface area contributed by atoms with E-state index in [9.17, 15) is 4.79 Å². The second-order valence-electron chi connectivity index (χ2n) is 3.86. The maximum Gasteiger partial charge on any atom is 0.230 e. The number of nitrogens with zero attached hydrogens (tertiary/aromatic N) is 2. The Hall–Kier alpha value is -1.80. The number of carbonyl (C=O) groups excluding carboxylic acids is 1. The molecule has 1 amide bonds. The fourth-order valence-corrected chi connectivity index (χ4v) is 3.24. The molecular weight excluding hydrogens is 296 g/mol. The third kappa shape index (κ3) is 3.61. The summed E-state index contributed by atoms with van der Waals surface area (Å²) in [7, 11) is 1.61. The number of nitrogens with one attached hydrogen (secondary N) is 1. The fraction of sp³-hybridized carbons (Fsp3) is 0.250. The standard InChI is InChI=1S/C12H14N4O2S2/c1-7(10(13)17)19-12-16-15-11(20-12)14-8-5-3-4-6-9(8)18-2/h3-7H,1-2H3,(H2,13,17)(H,14,15)/t7-/m1/s1. The minimum Gasteiger partial charge on any atom is -0.495 e. The number of methoxy groups -OCH3 is 1. The minimum absolute atomic E-state index is 0.331. The molecule has 0 spiro atoms. The van der Waals surface area contributed by atoms with E-state index < -0.39 is 0 Å². The van der Waals surface area contributed by atoms with E-state index in [0.717, 1.165) is 11.4 Å². The van der Waals surface area contributed by atoms with Crippen LogP contribution in [0.25, 0.3) is 0 Å². The molecule has 0 aliphatic rings. The van der Waals surface area contributed by atoms with Gasteiger partial charge in [-0.15, -0.1) is 10.2 Å². The minimum atomic E-state index is -0.371. The van der Waals surface area contributed by atoms with E-state index in [0.29, 0.717) is 9.47 Å². The van der Waals surface area contributed by atoms with E-state index in [-0.39, 0.29) is 11.2 Å². The van der Waals surface area contributed by atoms with Gasteiger partial charge in [-0.1, -0.05) is 35.2 Å². The summed E-state index contributed by atoms with van der Waals surface area (Å²) in [5, 5.41) is 11.5. The largest absolute Gasteiger partial charge is 0.495 e. The molecule has 2 aromatic rings. The molecule has 3 N–H and O–H groups in total. The first-order valence-electron chi connectivity index (χ1n) is 5.79. The third-order valence-electron chi connectivity index (χ3n) is 2.43. The number of para-hydroxylation sites is 2. The topological polar surface area (TPSA) is 90.1 Å². The van der Waals surface area contributed by atoms with Gasteiger partial charge in [-0.05, 0) is 19.1 Å². The quantitative estimate of drug-likeness (QED) is 0.795. The van der Waals surface area contributed by atoms with Gasteiger partial charge in [0, 0.05) is 0 Å². The molecule has 0 aliphatic carbocycles. The van der Waals surface area contributed by atoms with E-state index in [2.05, 4.69) is 15.5 Å². The molecule has 8 heteroatoms. The van der Waals surface area contributed by atoms with Crippen molar-refractivity contribution < 1.29 is 9.53 Å². The van der Waals surface area contributed by atoms with Gasteiger partial charge < -0.3 is 15.8 Å². The number of primary amides is 1. The Labute approximate surface area is 124 Å². The molecule has 0 bridgehead atoms. The monoisotopic (exact) mass is 310 g/mol. The molecule has 0 radical (unpaired) electrons. The lowest BCUT2D eigenvalue weighted by Gasteiger charge is -2.07. The lowest BCUT2D eigenvalue weighted by Crippen LogP contribution is -2.22. The van der Waals surface area contributed by atoms with Gasteiger partial charge in [0.05, 0.1) is 18.0 Å². The van der Waals surface area contributed by atoms with Crippen LogP contribution >= 0.6 is 23.1 Å². The van der Waals surface area contributed by atoms with E-state index in [1.165, 1.54) is 23.1 Å². The van der Waals surface area contributed by atoms with Gasteiger partial charge in [0.2, 0.25) is 11.0 Å². The number of nitrogens with two attached hydrogens (primary N) is 1. The first kappa shape index (κ1) is 14.6. The second kappa shape index (κ2) is 6.58. The number of aromatic nitrogens is 2. The summed E-state index contributed by atoms with van der Waals surface area (Å²) in [6.45, 7) is 1.74. The zero-order valence-corrected chi connectivity index (χ0v) is 12.6. The highest BCUT2D eigenvalue weighted by Crippen LogP contribution is 2.32. The highest BCUT2D eigenvalue weighted by Gasteiger charge is 2.14. The molecule has 1 atom stereocenters. The molecule has 0 saturated heterocycles. The fourth-order valence-electron chi connectivity index (χ4n) is 1.38. The number of carbonyl (C=O) groups is 1. The molecule has 0 aliphatic heterocycles. The van der Waals surface area contributed by atoms with Gasteiger partial charge in [0.25, 0.3) is 0 Å². The van der Waals surface area contributed by atoms with Crippen molar-refractivity contribution in [2.75, 3.05) is 12.4 Å². The number of rotatable bonds is 6. The summed E-state index contributed by atoms with van der Waals surface area (Å²) in [4.78, 5) is 11.0. The number of anilines is 2. The van der Waals surface area contributed by atoms with Gasteiger partial charge in [0.1, 0.15) is 5.75 Å². The van der Waals surface area contributed by atoms with Crippen LogP contribution in [-0.2, 0) is 4.79 Å². The van der Waals surface area contributed by atoms with Crippen molar-refractivity contribution in [2.45, 2.75) is 16.5 Å². The van der Waals surface area contributed by atoms with E-state index >= 15 is 0 Å². The maximum atomic E-state index is 11.0. The second-order valence-corrected chi connectivity index (χ2v) is 6.43. The van der Waals surface area contributed by atoms with Crippen LogP contribution in [0.15, 0.2) is 28.6 Å². The van der Waals surface area contributed by atoms with E-state index in [1.54, 1.807) is 14.0 Å². The van der Waals surface area contributed by atoms with Crippen molar-refractivity contribution in [3.05, 3.63) is 24.3 Å². The summed E-state index contributed by atoms with van der Waals surface area (Å²) in [5.41, 5.74) is 6.03. The number of amides is 1. The first-order valence-corrected chi connectivity index (χ1v) is 7.49. The Kier molecular flexibility index (Phi) is 4.80. The number of benzene rings is 1. The van der Waals surface area contributed by atoms with Gasteiger partial charge >= 0.3 is 0 Å². The molecule has 1 heterocycles. The highest BCUT2D eigenvalue weighted by molar-refractivity contribution is 8.02. The lowest BCUT2D eigenvalue weighted by molar-refractivity contribution is -0.117. The van der Waals surface area contributed by atoms with Crippen molar-refractivity contribution in [1.29, 1.82) is 0 Å². The Morgan fingerprint density at radius 3 is 2.90 bits per heavy atom. The van der Waals surface area contributed by atoms with Gasteiger partial charge in [0.15, 0.2) is 4.34 Å².